The number of aryl methyl sites for hydroxylation is 2. The molecular weight excluding hydrogens is 292 g/mol. The number of rotatable bonds is 5. The third-order valence-corrected chi connectivity index (χ3v) is 4.01. The third kappa shape index (κ3) is 4.71. The second-order valence-electron chi connectivity index (χ2n) is 5.94. The van der Waals surface area contributed by atoms with E-state index in [0.29, 0.717) is 0 Å². The number of nitrogens with zero attached hydrogens (tertiary/aromatic N) is 3. The molecule has 6 nitrogen and oxygen atoms in total. The number of morpholine rings is 1. The number of hydrogen-bond acceptors (Lipinski definition) is 5. The van der Waals surface area contributed by atoms with Gasteiger partial charge in [-0.2, -0.15) is 0 Å². The van der Waals surface area contributed by atoms with Gasteiger partial charge in [0.25, 0.3) is 5.56 Å². The minimum Gasteiger partial charge on any atom is -0.376 e. The fourth-order valence-corrected chi connectivity index (χ4v) is 2.87. The molecule has 0 unspecified atom stereocenters. The Morgan fingerprint density at radius 1 is 1.39 bits per heavy atom. The predicted octanol–water partition coefficient (Wildman–Crippen LogP) is 1.31. The highest BCUT2D eigenvalue weighted by molar-refractivity contribution is 5.10. The SMILES string of the molecule is Cc1cccc(CN2CCO[C@H](CCc3cc(=O)[nH]cn3)C2)n1. The lowest BCUT2D eigenvalue weighted by molar-refractivity contribution is -0.0350. The Hall–Kier alpha value is -2.05. The van der Waals surface area contributed by atoms with E-state index in [4.69, 9.17) is 4.74 Å². The van der Waals surface area contributed by atoms with Crippen LogP contribution in [0.3, 0.4) is 0 Å². The smallest absolute Gasteiger partial charge is 0.250 e. The lowest BCUT2D eigenvalue weighted by Gasteiger charge is -2.32. The van der Waals surface area contributed by atoms with Gasteiger partial charge < -0.3 is 9.72 Å². The van der Waals surface area contributed by atoms with Gasteiger partial charge in [0.05, 0.1) is 24.7 Å². The molecule has 1 aliphatic heterocycles. The summed E-state index contributed by atoms with van der Waals surface area (Å²) in [5, 5.41) is 0. The van der Waals surface area contributed by atoms with Crippen LogP contribution in [0.4, 0.5) is 0 Å². The van der Waals surface area contributed by atoms with Gasteiger partial charge in [-0.3, -0.25) is 14.7 Å². The van der Waals surface area contributed by atoms with Crippen LogP contribution in [0.5, 0.6) is 0 Å². The fourth-order valence-electron chi connectivity index (χ4n) is 2.87. The molecule has 1 atom stereocenters. The van der Waals surface area contributed by atoms with Crippen molar-refractivity contribution in [3.8, 4) is 0 Å². The molecule has 0 amide bonds. The zero-order valence-electron chi connectivity index (χ0n) is 13.4. The predicted molar refractivity (Wildman–Crippen MR) is 87.2 cm³/mol. The van der Waals surface area contributed by atoms with Crippen LogP contribution < -0.4 is 5.56 Å². The summed E-state index contributed by atoms with van der Waals surface area (Å²) in [4.78, 5) is 24.9. The topological polar surface area (TPSA) is 71.1 Å². The minimum absolute atomic E-state index is 0.105. The van der Waals surface area contributed by atoms with Gasteiger partial charge >= 0.3 is 0 Å². The van der Waals surface area contributed by atoms with Gasteiger partial charge in [-0.15, -0.1) is 0 Å². The molecule has 1 saturated heterocycles. The van der Waals surface area contributed by atoms with Crippen LogP contribution in [0.1, 0.15) is 23.5 Å². The minimum atomic E-state index is -0.105. The summed E-state index contributed by atoms with van der Waals surface area (Å²) in [5.74, 6) is 0. The number of aromatic amines is 1. The van der Waals surface area contributed by atoms with E-state index in [9.17, 15) is 4.79 Å². The maximum Gasteiger partial charge on any atom is 0.250 e. The van der Waals surface area contributed by atoms with Crippen LogP contribution in [0.15, 0.2) is 35.4 Å². The second-order valence-corrected chi connectivity index (χ2v) is 5.94. The van der Waals surface area contributed by atoms with Crippen LogP contribution in [-0.2, 0) is 17.7 Å². The van der Waals surface area contributed by atoms with E-state index in [-0.39, 0.29) is 11.7 Å². The lowest BCUT2D eigenvalue weighted by atomic mass is 10.1. The molecule has 122 valence electrons. The van der Waals surface area contributed by atoms with Crippen LogP contribution in [0, 0.1) is 6.92 Å². The summed E-state index contributed by atoms with van der Waals surface area (Å²) in [6, 6.07) is 7.68. The van der Waals surface area contributed by atoms with E-state index in [1.165, 1.54) is 6.33 Å². The highest BCUT2D eigenvalue weighted by Crippen LogP contribution is 2.13. The molecule has 0 saturated carbocycles. The van der Waals surface area contributed by atoms with E-state index >= 15 is 0 Å². The van der Waals surface area contributed by atoms with E-state index in [0.717, 1.165) is 56.2 Å². The summed E-state index contributed by atoms with van der Waals surface area (Å²) in [7, 11) is 0. The number of nitrogens with one attached hydrogen (secondary N) is 1. The molecule has 0 aliphatic carbocycles. The van der Waals surface area contributed by atoms with Gasteiger partial charge in [0.15, 0.2) is 0 Å². The summed E-state index contributed by atoms with van der Waals surface area (Å²) in [6.07, 6.45) is 3.25. The molecule has 0 bridgehead atoms. The molecule has 0 spiro atoms. The zero-order valence-corrected chi connectivity index (χ0v) is 13.4. The number of hydrogen-bond donors (Lipinski definition) is 1. The Morgan fingerprint density at radius 3 is 3.13 bits per heavy atom. The van der Waals surface area contributed by atoms with E-state index < -0.39 is 0 Å². The summed E-state index contributed by atoms with van der Waals surface area (Å²) in [6.45, 7) is 5.42. The quantitative estimate of drug-likeness (QED) is 0.901. The number of H-pyrrole nitrogens is 1. The van der Waals surface area contributed by atoms with Crippen molar-refractivity contribution in [1.82, 2.24) is 19.9 Å². The zero-order chi connectivity index (χ0) is 16.1. The van der Waals surface area contributed by atoms with Crippen molar-refractivity contribution in [2.45, 2.75) is 32.4 Å². The van der Waals surface area contributed by atoms with Crippen molar-refractivity contribution < 1.29 is 4.74 Å². The number of ether oxygens (including phenoxy) is 1. The molecule has 1 N–H and O–H groups in total. The van der Waals surface area contributed by atoms with Crippen LogP contribution in [-0.4, -0.2) is 45.7 Å². The Morgan fingerprint density at radius 2 is 2.30 bits per heavy atom. The molecule has 1 aliphatic rings. The van der Waals surface area contributed by atoms with Gasteiger partial charge in [-0.05, 0) is 31.9 Å². The molecule has 6 heteroatoms. The maximum absolute atomic E-state index is 11.3. The lowest BCUT2D eigenvalue weighted by Crippen LogP contribution is -2.42. The Bertz CT molecular complexity index is 701. The molecule has 0 radical (unpaired) electrons. The molecule has 3 heterocycles. The molecular formula is C17H22N4O2. The Balaban J connectivity index is 1.52. The molecule has 1 fully saturated rings. The van der Waals surface area contributed by atoms with Crippen molar-refractivity contribution in [1.29, 1.82) is 0 Å². The highest BCUT2D eigenvalue weighted by atomic mass is 16.5. The summed E-state index contributed by atoms with van der Waals surface area (Å²) < 4.78 is 5.85. The van der Waals surface area contributed by atoms with E-state index in [2.05, 4.69) is 25.9 Å². The second kappa shape index (κ2) is 7.48. The Labute approximate surface area is 135 Å². The van der Waals surface area contributed by atoms with Gasteiger partial charge in [-0.25, -0.2) is 4.98 Å². The first-order chi connectivity index (χ1) is 11.2. The largest absolute Gasteiger partial charge is 0.376 e. The van der Waals surface area contributed by atoms with Crippen molar-refractivity contribution in [3.63, 3.8) is 0 Å². The molecule has 2 aromatic heterocycles. The van der Waals surface area contributed by atoms with Gasteiger partial charge in [-0.1, -0.05) is 6.07 Å². The average Bonchev–Trinajstić information content (AvgIpc) is 2.53. The fraction of sp³-hybridized carbons (Fsp3) is 0.471. The van der Waals surface area contributed by atoms with Gasteiger partial charge in [0.1, 0.15) is 0 Å². The van der Waals surface area contributed by atoms with Crippen LogP contribution in [0.25, 0.3) is 0 Å². The molecule has 2 aromatic rings. The first kappa shape index (κ1) is 15.8. The standard InChI is InChI=1S/C17H22N4O2/c1-13-3-2-4-15(20-13)10-21-7-8-23-16(11-21)6-5-14-9-17(22)19-12-18-14/h2-4,9,12,16H,5-8,10-11H2,1H3,(H,18,19,22)/t16-/m1/s1. The van der Waals surface area contributed by atoms with E-state index in [1.54, 1.807) is 6.07 Å². The first-order valence-electron chi connectivity index (χ1n) is 7.99. The van der Waals surface area contributed by atoms with Crippen LogP contribution >= 0.6 is 0 Å². The molecule has 3 rings (SSSR count). The number of pyridine rings is 1. The maximum atomic E-state index is 11.3. The third-order valence-electron chi connectivity index (χ3n) is 4.01. The normalized spacial score (nSPS) is 18.9. The van der Waals surface area contributed by atoms with Crippen molar-refractivity contribution >= 4 is 0 Å². The van der Waals surface area contributed by atoms with E-state index in [1.807, 2.05) is 19.1 Å². The Kier molecular flexibility index (Phi) is 5.15. The van der Waals surface area contributed by atoms with Crippen LogP contribution in [0.2, 0.25) is 0 Å². The van der Waals surface area contributed by atoms with Gasteiger partial charge in [0, 0.05) is 37.1 Å². The summed E-state index contributed by atoms with van der Waals surface area (Å²) >= 11 is 0. The van der Waals surface area contributed by atoms with Gasteiger partial charge in [0.2, 0.25) is 0 Å². The molecule has 23 heavy (non-hydrogen) atoms. The number of aromatic nitrogens is 3. The average molecular weight is 314 g/mol. The molecule has 0 aromatic carbocycles. The summed E-state index contributed by atoms with van der Waals surface area (Å²) in [5.41, 5.74) is 2.86. The first-order valence-corrected chi connectivity index (χ1v) is 7.99. The monoisotopic (exact) mass is 314 g/mol. The highest BCUT2D eigenvalue weighted by Gasteiger charge is 2.20. The van der Waals surface area contributed by atoms with Crippen molar-refractivity contribution in [2.75, 3.05) is 19.7 Å². The van der Waals surface area contributed by atoms with Crippen molar-refractivity contribution in [3.05, 3.63) is 58.0 Å². The van der Waals surface area contributed by atoms with Crippen molar-refractivity contribution in [2.24, 2.45) is 0 Å².